The van der Waals surface area contributed by atoms with Gasteiger partial charge >= 0.3 is 6.09 Å². The number of pyridine rings is 1. The third-order valence-electron chi connectivity index (χ3n) is 1.38. The first-order valence-corrected chi connectivity index (χ1v) is 5.08. The predicted octanol–water partition coefficient (Wildman–Crippen LogP) is 1.19. The number of hydrogen-bond donors (Lipinski definition) is 2. The van der Waals surface area contributed by atoms with Gasteiger partial charge in [0.25, 0.3) is 10.0 Å². The number of carbonyl (C=O) groups is 1. The molecule has 0 aliphatic rings. The zero-order valence-electron chi connectivity index (χ0n) is 8.08. The highest BCUT2D eigenvalue weighted by atomic mass is 35.5. The summed E-state index contributed by atoms with van der Waals surface area (Å²) in [4.78, 5) is 13.7. The molecule has 0 bridgehead atoms. The number of halogens is 2. The molecule has 0 fully saturated rings. The van der Waals surface area contributed by atoms with E-state index in [1.54, 1.807) is 6.92 Å². The van der Waals surface area contributed by atoms with Crippen molar-refractivity contribution in [3.63, 3.8) is 0 Å². The fourth-order valence-corrected chi connectivity index (χ4v) is 1.55. The van der Waals surface area contributed by atoms with Gasteiger partial charge < -0.3 is 5.11 Å². The van der Waals surface area contributed by atoms with Crippen molar-refractivity contribution in [3.05, 3.63) is 23.9 Å². The fourth-order valence-electron chi connectivity index (χ4n) is 0.780. The molecule has 1 amide bonds. The molecule has 6 nitrogen and oxygen atoms in total. The van der Waals surface area contributed by atoms with Crippen molar-refractivity contribution in [2.45, 2.75) is 11.9 Å². The summed E-state index contributed by atoms with van der Waals surface area (Å²) in [6.07, 6.45) is -0.288. The van der Waals surface area contributed by atoms with Crippen molar-refractivity contribution in [1.82, 2.24) is 9.71 Å². The van der Waals surface area contributed by atoms with E-state index in [9.17, 15) is 13.2 Å². The molecule has 0 radical (unpaired) electrons. The Kier molecular flexibility index (Phi) is 7.06. The quantitative estimate of drug-likeness (QED) is 0.852. The predicted molar refractivity (Wildman–Crippen MR) is 61.8 cm³/mol. The van der Waals surface area contributed by atoms with Crippen molar-refractivity contribution in [1.29, 1.82) is 0 Å². The van der Waals surface area contributed by atoms with Crippen LogP contribution in [0.2, 0.25) is 0 Å². The van der Waals surface area contributed by atoms with E-state index in [4.69, 9.17) is 5.11 Å². The maximum absolute atomic E-state index is 11.2. The smallest absolute Gasteiger partial charge is 0.418 e. The van der Waals surface area contributed by atoms with Gasteiger partial charge in [-0.1, -0.05) is 6.07 Å². The van der Waals surface area contributed by atoms with Gasteiger partial charge in [-0.2, -0.15) is 8.42 Å². The van der Waals surface area contributed by atoms with Gasteiger partial charge in [0.2, 0.25) is 0 Å². The number of aryl methyl sites for hydroxylation is 1. The zero-order chi connectivity index (χ0) is 10.8. The molecule has 0 spiro atoms. The summed E-state index contributed by atoms with van der Waals surface area (Å²) in [6, 6.07) is 2.77. The van der Waals surface area contributed by atoms with E-state index < -0.39 is 16.1 Å². The van der Waals surface area contributed by atoms with Crippen molar-refractivity contribution in [2.24, 2.45) is 0 Å². The summed E-state index contributed by atoms with van der Waals surface area (Å²) < 4.78 is 23.8. The van der Waals surface area contributed by atoms with Crippen LogP contribution in [-0.2, 0) is 10.0 Å². The van der Waals surface area contributed by atoms with E-state index in [1.165, 1.54) is 23.1 Å². The normalized spacial score (nSPS) is 9.56. The highest BCUT2D eigenvalue weighted by Crippen LogP contribution is 2.05. The lowest BCUT2D eigenvalue weighted by molar-refractivity contribution is 0.201. The van der Waals surface area contributed by atoms with Gasteiger partial charge in [0.1, 0.15) is 0 Å². The van der Waals surface area contributed by atoms with Crippen molar-refractivity contribution in [2.75, 3.05) is 0 Å². The summed E-state index contributed by atoms with van der Waals surface area (Å²) in [5, 5.41) is 7.93. The Morgan fingerprint density at radius 3 is 2.31 bits per heavy atom. The number of amides is 1. The monoisotopic (exact) mass is 288 g/mol. The topological polar surface area (TPSA) is 96.4 Å². The number of rotatable bonds is 2. The Bertz CT molecular complexity index is 446. The Hall–Kier alpha value is -1.05. The fraction of sp³-hybridized carbons (Fsp3) is 0.143. The van der Waals surface area contributed by atoms with Crippen LogP contribution >= 0.6 is 24.8 Å². The molecule has 0 aliphatic carbocycles. The van der Waals surface area contributed by atoms with Crippen LogP contribution in [0.15, 0.2) is 23.4 Å². The van der Waals surface area contributed by atoms with E-state index >= 15 is 0 Å². The molecule has 0 saturated heterocycles. The van der Waals surface area contributed by atoms with E-state index in [-0.39, 0.29) is 29.8 Å². The number of carboxylic acid groups (broad SMARTS) is 1. The van der Waals surface area contributed by atoms with E-state index in [1.807, 2.05) is 0 Å². The standard InChI is InChI=1S/C7H8N2O4S.2ClH/c1-5-2-3-6(8-4-5)14(12,13)9-7(10)11;;/h2-4,9H,1H3,(H,10,11);2*1H. The lowest BCUT2D eigenvalue weighted by Crippen LogP contribution is -2.29. The molecule has 0 unspecified atom stereocenters. The number of aromatic nitrogens is 1. The van der Waals surface area contributed by atoms with E-state index in [2.05, 4.69) is 4.98 Å². The maximum Gasteiger partial charge on any atom is 0.418 e. The Morgan fingerprint density at radius 1 is 1.38 bits per heavy atom. The molecule has 2 N–H and O–H groups in total. The number of hydrogen-bond acceptors (Lipinski definition) is 4. The first-order chi connectivity index (χ1) is 6.42. The average molecular weight is 289 g/mol. The third kappa shape index (κ3) is 4.65. The van der Waals surface area contributed by atoms with Crippen LogP contribution in [0.1, 0.15) is 5.56 Å². The molecule has 1 rings (SSSR count). The van der Waals surface area contributed by atoms with Gasteiger partial charge in [-0.3, -0.25) is 0 Å². The highest BCUT2D eigenvalue weighted by Gasteiger charge is 2.17. The lowest BCUT2D eigenvalue weighted by Gasteiger charge is -2.01. The second-order valence-electron chi connectivity index (χ2n) is 2.58. The summed E-state index contributed by atoms with van der Waals surface area (Å²) in [7, 11) is -4.04. The maximum atomic E-state index is 11.2. The molecular weight excluding hydrogens is 279 g/mol. The van der Waals surface area contributed by atoms with Crippen molar-refractivity contribution < 1.29 is 18.3 Å². The highest BCUT2D eigenvalue weighted by molar-refractivity contribution is 7.90. The second kappa shape index (κ2) is 6.51. The summed E-state index contributed by atoms with van der Waals surface area (Å²) >= 11 is 0. The van der Waals surface area contributed by atoms with Gasteiger partial charge in [0.05, 0.1) is 0 Å². The third-order valence-corrected chi connectivity index (χ3v) is 2.62. The molecule has 92 valence electrons. The molecule has 1 aromatic rings. The van der Waals surface area contributed by atoms with Crippen LogP contribution in [0, 0.1) is 6.92 Å². The Morgan fingerprint density at radius 2 is 1.94 bits per heavy atom. The largest absolute Gasteiger partial charge is 0.464 e. The second-order valence-corrected chi connectivity index (χ2v) is 4.21. The number of sulfonamides is 1. The summed E-state index contributed by atoms with van der Waals surface area (Å²) in [5.41, 5.74) is 0.791. The van der Waals surface area contributed by atoms with Gasteiger partial charge in [-0.05, 0) is 18.6 Å². The van der Waals surface area contributed by atoms with Crippen LogP contribution in [0.25, 0.3) is 0 Å². The minimum Gasteiger partial charge on any atom is -0.464 e. The van der Waals surface area contributed by atoms with E-state index in [0.29, 0.717) is 0 Å². The first kappa shape index (κ1) is 17.3. The molecule has 0 aromatic carbocycles. The van der Waals surface area contributed by atoms with Crippen LogP contribution in [0.3, 0.4) is 0 Å². The zero-order valence-corrected chi connectivity index (χ0v) is 10.5. The number of nitrogens with one attached hydrogen (secondary N) is 1. The minimum absolute atomic E-state index is 0. The first-order valence-electron chi connectivity index (χ1n) is 3.60. The van der Waals surface area contributed by atoms with Crippen LogP contribution < -0.4 is 4.72 Å². The SMILES string of the molecule is Cc1ccc(S(=O)(=O)NC(=O)O)nc1.Cl.Cl. The Balaban J connectivity index is 0. The summed E-state index contributed by atoms with van der Waals surface area (Å²) in [6.45, 7) is 1.74. The number of nitrogens with zero attached hydrogens (tertiary/aromatic N) is 1. The lowest BCUT2D eigenvalue weighted by atomic mass is 10.3. The molecule has 1 heterocycles. The minimum atomic E-state index is -4.04. The van der Waals surface area contributed by atoms with Crippen LogP contribution in [-0.4, -0.2) is 24.6 Å². The molecule has 16 heavy (non-hydrogen) atoms. The summed E-state index contributed by atoms with van der Waals surface area (Å²) in [5.74, 6) is 0. The Labute approximate surface area is 105 Å². The van der Waals surface area contributed by atoms with Crippen LogP contribution in [0.5, 0.6) is 0 Å². The average Bonchev–Trinajstić information content (AvgIpc) is 2.02. The molecule has 1 aromatic heterocycles. The molecule has 9 heteroatoms. The molecule has 0 atom stereocenters. The van der Waals surface area contributed by atoms with Gasteiger partial charge in [0, 0.05) is 6.20 Å². The van der Waals surface area contributed by atoms with Crippen molar-refractivity contribution >= 4 is 40.9 Å². The van der Waals surface area contributed by atoms with E-state index in [0.717, 1.165) is 5.56 Å². The van der Waals surface area contributed by atoms with Crippen LogP contribution in [0.4, 0.5) is 4.79 Å². The molecular formula is C7H10Cl2N2O4S. The van der Waals surface area contributed by atoms with Gasteiger partial charge in [-0.15, -0.1) is 24.8 Å². The molecule has 0 saturated carbocycles. The van der Waals surface area contributed by atoms with Crippen molar-refractivity contribution in [3.8, 4) is 0 Å². The molecule has 0 aliphatic heterocycles. The van der Waals surface area contributed by atoms with Gasteiger partial charge in [0.15, 0.2) is 5.03 Å². The van der Waals surface area contributed by atoms with Gasteiger partial charge in [-0.25, -0.2) is 14.5 Å².